The maximum atomic E-state index is 13.0. The first-order valence-corrected chi connectivity index (χ1v) is 10.6. The minimum Gasteiger partial charge on any atom is -0.444 e. The third kappa shape index (κ3) is 6.55. The number of ether oxygens (including phenoxy) is 2. The minimum absolute atomic E-state index is 0.0459. The van der Waals surface area contributed by atoms with E-state index in [2.05, 4.69) is 9.97 Å². The lowest BCUT2D eigenvalue weighted by Crippen LogP contribution is -2.50. The summed E-state index contributed by atoms with van der Waals surface area (Å²) in [5, 5.41) is 0.0459. The van der Waals surface area contributed by atoms with E-state index >= 15 is 0 Å². The summed E-state index contributed by atoms with van der Waals surface area (Å²) < 4.78 is 11.0. The molecule has 0 radical (unpaired) electrons. The van der Waals surface area contributed by atoms with Gasteiger partial charge in [0.1, 0.15) is 18.0 Å². The van der Waals surface area contributed by atoms with Gasteiger partial charge in [0.15, 0.2) is 0 Å². The van der Waals surface area contributed by atoms with E-state index in [-0.39, 0.29) is 24.0 Å². The first-order valence-electron chi connectivity index (χ1n) is 10.2. The molecule has 0 unspecified atom stereocenters. The number of carbonyl (C=O) groups is 2. The maximum Gasteiger partial charge on any atom is 0.416 e. The largest absolute Gasteiger partial charge is 0.444 e. The summed E-state index contributed by atoms with van der Waals surface area (Å²) in [6.07, 6.45) is 1.74. The molecule has 1 saturated heterocycles. The molecule has 1 aliphatic rings. The molecule has 0 spiro atoms. The molecular formula is C22H27ClN4O4. The summed E-state index contributed by atoms with van der Waals surface area (Å²) >= 11 is 5.96. The van der Waals surface area contributed by atoms with Crippen molar-refractivity contribution in [2.75, 3.05) is 18.0 Å². The van der Waals surface area contributed by atoms with E-state index in [1.54, 1.807) is 11.0 Å². The van der Waals surface area contributed by atoms with Crippen LogP contribution in [0.4, 0.5) is 15.4 Å². The molecule has 0 N–H and O–H groups in total. The van der Waals surface area contributed by atoms with Gasteiger partial charge in [-0.05, 0) is 56.8 Å². The quantitative estimate of drug-likeness (QED) is 0.634. The molecule has 1 fully saturated rings. The lowest BCUT2D eigenvalue weighted by atomic mass is 10.0. The molecule has 2 amide bonds. The third-order valence-electron chi connectivity index (χ3n) is 4.74. The van der Waals surface area contributed by atoms with E-state index in [4.69, 9.17) is 21.1 Å². The maximum absolute atomic E-state index is 13.0. The number of piperidine rings is 1. The van der Waals surface area contributed by atoms with Gasteiger partial charge in [-0.25, -0.2) is 19.6 Å². The number of amides is 2. The van der Waals surface area contributed by atoms with Crippen LogP contribution >= 0.6 is 11.6 Å². The van der Waals surface area contributed by atoms with Gasteiger partial charge in [0, 0.05) is 25.3 Å². The number of aromatic nitrogens is 2. The van der Waals surface area contributed by atoms with E-state index < -0.39 is 11.7 Å². The van der Waals surface area contributed by atoms with E-state index in [0.717, 1.165) is 5.56 Å². The first kappa shape index (κ1) is 22.8. The van der Waals surface area contributed by atoms with Crippen molar-refractivity contribution in [3.05, 3.63) is 53.4 Å². The Labute approximate surface area is 187 Å². The van der Waals surface area contributed by atoms with Crippen LogP contribution in [0.15, 0.2) is 42.6 Å². The monoisotopic (exact) mass is 446 g/mol. The number of hydrogen-bond donors (Lipinski definition) is 0. The number of nitrogens with zero attached hydrogens (tertiary/aromatic N) is 4. The van der Waals surface area contributed by atoms with Gasteiger partial charge in [-0.3, -0.25) is 4.90 Å². The second-order valence-corrected chi connectivity index (χ2v) is 8.63. The van der Waals surface area contributed by atoms with E-state index in [9.17, 15) is 9.59 Å². The molecule has 1 aromatic heterocycles. The molecule has 0 bridgehead atoms. The van der Waals surface area contributed by atoms with Gasteiger partial charge in [-0.2, -0.15) is 0 Å². The SMILES string of the molecule is CC(C)(C)OC(=O)N1CCC(N(C(=O)OCc2ccccc2)c2ccnc(Cl)n2)CC1. The standard InChI is InChI=1S/C22H27ClN4O4/c1-22(2,3)31-20(28)26-13-10-17(11-14-26)27(18-9-12-24-19(23)25-18)21(29)30-15-16-7-5-4-6-8-16/h4-9,12,17H,10-11,13-15H2,1-3H3. The van der Waals surface area contributed by atoms with Gasteiger partial charge in [0.05, 0.1) is 0 Å². The average molecular weight is 447 g/mol. The Morgan fingerprint density at radius 1 is 1.16 bits per heavy atom. The van der Waals surface area contributed by atoms with Crippen LogP contribution in [0, 0.1) is 0 Å². The summed E-state index contributed by atoms with van der Waals surface area (Å²) in [7, 11) is 0. The van der Waals surface area contributed by atoms with Crippen LogP contribution < -0.4 is 4.90 Å². The third-order valence-corrected chi connectivity index (χ3v) is 4.92. The Kier molecular flexibility index (Phi) is 7.33. The fourth-order valence-corrected chi connectivity index (χ4v) is 3.45. The highest BCUT2D eigenvalue weighted by atomic mass is 35.5. The van der Waals surface area contributed by atoms with Crippen LogP contribution in [0.2, 0.25) is 5.28 Å². The zero-order valence-corrected chi connectivity index (χ0v) is 18.7. The Hall–Kier alpha value is -2.87. The van der Waals surface area contributed by atoms with Crippen LogP contribution in [0.5, 0.6) is 0 Å². The Morgan fingerprint density at radius 2 is 1.84 bits per heavy atom. The van der Waals surface area contributed by atoms with Crippen molar-refractivity contribution >= 4 is 29.6 Å². The highest BCUT2D eigenvalue weighted by Gasteiger charge is 2.34. The van der Waals surface area contributed by atoms with Crippen LogP contribution in [-0.4, -0.2) is 51.8 Å². The normalized spacial score (nSPS) is 14.8. The highest BCUT2D eigenvalue weighted by Crippen LogP contribution is 2.25. The van der Waals surface area contributed by atoms with Crippen molar-refractivity contribution in [1.82, 2.24) is 14.9 Å². The summed E-state index contributed by atoms with van der Waals surface area (Å²) in [4.78, 5) is 36.6. The molecular weight excluding hydrogens is 420 g/mol. The molecule has 2 heterocycles. The van der Waals surface area contributed by atoms with E-state index in [1.165, 1.54) is 11.1 Å². The molecule has 0 saturated carbocycles. The molecule has 3 rings (SSSR count). The van der Waals surface area contributed by atoms with Gasteiger partial charge >= 0.3 is 12.2 Å². The fourth-order valence-electron chi connectivity index (χ4n) is 3.31. The van der Waals surface area contributed by atoms with Crippen molar-refractivity contribution in [2.24, 2.45) is 0 Å². The molecule has 31 heavy (non-hydrogen) atoms. The van der Waals surface area contributed by atoms with Crippen LogP contribution in [0.3, 0.4) is 0 Å². The Morgan fingerprint density at radius 3 is 2.45 bits per heavy atom. The van der Waals surface area contributed by atoms with Crippen molar-refractivity contribution in [1.29, 1.82) is 0 Å². The van der Waals surface area contributed by atoms with Crippen molar-refractivity contribution < 1.29 is 19.1 Å². The van der Waals surface area contributed by atoms with Gasteiger partial charge in [-0.1, -0.05) is 30.3 Å². The zero-order chi connectivity index (χ0) is 22.4. The molecule has 1 aliphatic heterocycles. The highest BCUT2D eigenvalue weighted by molar-refractivity contribution is 6.28. The summed E-state index contributed by atoms with van der Waals surface area (Å²) in [6, 6.07) is 10.9. The Balaban J connectivity index is 1.70. The van der Waals surface area contributed by atoms with Gasteiger partial charge in [0.25, 0.3) is 0 Å². The smallest absolute Gasteiger partial charge is 0.416 e. The number of hydrogen-bond acceptors (Lipinski definition) is 6. The van der Waals surface area contributed by atoms with Crippen molar-refractivity contribution in [2.45, 2.75) is 51.9 Å². The average Bonchev–Trinajstić information content (AvgIpc) is 2.72. The summed E-state index contributed by atoms with van der Waals surface area (Å²) in [5.74, 6) is 0.369. The molecule has 0 aliphatic carbocycles. The summed E-state index contributed by atoms with van der Waals surface area (Å²) in [5.41, 5.74) is 0.329. The molecule has 1 aromatic carbocycles. The van der Waals surface area contributed by atoms with Crippen LogP contribution in [0.1, 0.15) is 39.2 Å². The van der Waals surface area contributed by atoms with Gasteiger partial charge < -0.3 is 14.4 Å². The zero-order valence-electron chi connectivity index (χ0n) is 18.0. The number of rotatable bonds is 4. The Bertz CT molecular complexity index is 896. The minimum atomic E-state index is -0.557. The predicted octanol–water partition coefficient (Wildman–Crippen LogP) is 4.67. The molecule has 2 aromatic rings. The van der Waals surface area contributed by atoms with E-state index in [0.29, 0.717) is 31.7 Å². The fraction of sp³-hybridized carbons (Fsp3) is 0.455. The number of likely N-dealkylation sites (tertiary alicyclic amines) is 1. The number of carbonyl (C=O) groups excluding carboxylic acids is 2. The second kappa shape index (κ2) is 9.96. The topological polar surface area (TPSA) is 84.9 Å². The summed E-state index contributed by atoms with van der Waals surface area (Å²) in [6.45, 7) is 6.57. The second-order valence-electron chi connectivity index (χ2n) is 8.29. The first-order chi connectivity index (χ1) is 14.7. The van der Waals surface area contributed by atoms with Gasteiger partial charge in [0.2, 0.25) is 5.28 Å². The lowest BCUT2D eigenvalue weighted by molar-refractivity contribution is 0.0204. The van der Waals surface area contributed by atoms with Crippen LogP contribution in [0.25, 0.3) is 0 Å². The van der Waals surface area contributed by atoms with Crippen molar-refractivity contribution in [3.8, 4) is 0 Å². The van der Waals surface area contributed by atoms with Crippen LogP contribution in [-0.2, 0) is 16.1 Å². The predicted molar refractivity (Wildman–Crippen MR) is 117 cm³/mol. The number of halogens is 1. The van der Waals surface area contributed by atoms with Crippen molar-refractivity contribution in [3.63, 3.8) is 0 Å². The molecule has 9 heteroatoms. The molecule has 166 valence electrons. The number of benzene rings is 1. The lowest BCUT2D eigenvalue weighted by Gasteiger charge is -2.37. The van der Waals surface area contributed by atoms with E-state index in [1.807, 2.05) is 51.1 Å². The molecule has 0 atom stereocenters. The number of anilines is 1. The molecule has 8 nitrogen and oxygen atoms in total. The van der Waals surface area contributed by atoms with Gasteiger partial charge in [-0.15, -0.1) is 0 Å².